The van der Waals surface area contributed by atoms with Crippen molar-refractivity contribution < 1.29 is 19.7 Å². The van der Waals surface area contributed by atoms with Gasteiger partial charge in [0.1, 0.15) is 5.76 Å². The maximum Gasteiger partial charge on any atom is 0.337 e. The van der Waals surface area contributed by atoms with Crippen molar-refractivity contribution in [3.63, 3.8) is 0 Å². The van der Waals surface area contributed by atoms with E-state index in [1.807, 2.05) is 6.92 Å². The summed E-state index contributed by atoms with van der Waals surface area (Å²) in [6.07, 6.45) is 2.24. The number of aliphatic hydroxyl groups excluding tert-OH is 2. The molecule has 2 N–H and O–H groups in total. The lowest BCUT2D eigenvalue weighted by Gasteiger charge is -2.19. The van der Waals surface area contributed by atoms with Crippen LogP contribution in [-0.2, 0) is 9.53 Å². The molecule has 0 aromatic carbocycles. The second-order valence-electron chi connectivity index (χ2n) is 3.20. The molecule has 0 bridgehead atoms. The molecule has 4 nitrogen and oxygen atoms in total. The summed E-state index contributed by atoms with van der Waals surface area (Å²) in [6.45, 7) is 1.87. The smallest absolute Gasteiger partial charge is 0.337 e. The summed E-state index contributed by atoms with van der Waals surface area (Å²) in [4.78, 5) is 11.2. The first-order valence-electron chi connectivity index (χ1n) is 4.50. The molecular weight excluding hydrogens is 184 g/mol. The molecular formula is C10H14O4. The third-order valence-electron chi connectivity index (χ3n) is 2.28. The van der Waals surface area contributed by atoms with Gasteiger partial charge in [0, 0.05) is 12.3 Å². The molecule has 0 amide bonds. The Bertz CT molecular complexity index is 301. The van der Waals surface area contributed by atoms with E-state index in [-0.39, 0.29) is 29.4 Å². The largest absolute Gasteiger partial charge is 0.512 e. The fourth-order valence-corrected chi connectivity index (χ4v) is 1.48. The first-order chi connectivity index (χ1) is 6.60. The van der Waals surface area contributed by atoms with Gasteiger partial charge in [-0.3, -0.25) is 0 Å². The number of carbonyl (C=O) groups is 1. The van der Waals surface area contributed by atoms with Gasteiger partial charge in [0.05, 0.1) is 18.4 Å². The van der Waals surface area contributed by atoms with Gasteiger partial charge in [0.15, 0.2) is 0 Å². The number of methoxy groups -OCH3 is 1. The summed E-state index contributed by atoms with van der Waals surface area (Å²) >= 11 is 0. The van der Waals surface area contributed by atoms with Gasteiger partial charge in [0.2, 0.25) is 0 Å². The van der Waals surface area contributed by atoms with Crippen molar-refractivity contribution >= 4 is 5.97 Å². The summed E-state index contributed by atoms with van der Waals surface area (Å²) in [5.41, 5.74) is 0.152. The van der Waals surface area contributed by atoms with E-state index in [1.54, 1.807) is 6.08 Å². The SMILES string of the molecule is CCC1C=C(O)CC(C(=O)OC)=C1O. The van der Waals surface area contributed by atoms with Crippen molar-refractivity contribution in [2.75, 3.05) is 7.11 Å². The van der Waals surface area contributed by atoms with Crippen LogP contribution in [0.5, 0.6) is 0 Å². The van der Waals surface area contributed by atoms with Crippen LogP contribution in [0.4, 0.5) is 0 Å². The predicted octanol–water partition coefficient (Wildman–Crippen LogP) is 1.84. The summed E-state index contributed by atoms with van der Waals surface area (Å²) in [5, 5.41) is 19.0. The molecule has 0 spiro atoms. The number of rotatable bonds is 2. The third kappa shape index (κ3) is 1.89. The van der Waals surface area contributed by atoms with E-state index in [9.17, 15) is 15.0 Å². The molecule has 14 heavy (non-hydrogen) atoms. The van der Waals surface area contributed by atoms with Gasteiger partial charge in [-0.05, 0) is 12.5 Å². The van der Waals surface area contributed by atoms with Crippen molar-refractivity contribution in [1.29, 1.82) is 0 Å². The van der Waals surface area contributed by atoms with Crippen LogP contribution >= 0.6 is 0 Å². The van der Waals surface area contributed by atoms with Crippen molar-refractivity contribution in [2.45, 2.75) is 19.8 Å². The van der Waals surface area contributed by atoms with Gasteiger partial charge in [0.25, 0.3) is 0 Å². The van der Waals surface area contributed by atoms with E-state index in [0.29, 0.717) is 6.42 Å². The van der Waals surface area contributed by atoms with E-state index in [2.05, 4.69) is 4.74 Å². The lowest BCUT2D eigenvalue weighted by atomic mass is 9.91. The van der Waals surface area contributed by atoms with Gasteiger partial charge >= 0.3 is 5.97 Å². The molecule has 0 aromatic heterocycles. The van der Waals surface area contributed by atoms with Crippen LogP contribution in [0.15, 0.2) is 23.2 Å². The summed E-state index contributed by atoms with van der Waals surface area (Å²) in [7, 11) is 1.25. The molecule has 0 aromatic rings. The van der Waals surface area contributed by atoms with Crippen LogP contribution in [-0.4, -0.2) is 23.3 Å². The van der Waals surface area contributed by atoms with Gasteiger partial charge in [-0.25, -0.2) is 4.79 Å². The molecule has 0 aliphatic heterocycles. The lowest BCUT2D eigenvalue weighted by Crippen LogP contribution is -2.17. The summed E-state index contributed by atoms with van der Waals surface area (Å²) < 4.78 is 4.51. The highest BCUT2D eigenvalue weighted by Crippen LogP contribution is 2.28. The Kier molecular flexibility index (Phi) is 3.17. The fourth-order valence-electron chi connectivity index (χ4n) is 1.48. The van der Waals surface area contributed by atoms with Crippen LogP contribution in [0.3, 0.4) is 0 Å². The van der Waals surface area contributed by atoms with Crippen LogP contribution in [0, 0.1) is 5.92 Å². The highest BCUT2D eigenvalue weighted by molar-refractivity contribution is 5.89. The van der Waals surface area contributed by atoms with E-state index in [0.717, 1.165) is 0 Å². The highest BCUT2D eigenvalue weighted by atomic mass is 16.5. The average molecular weight is 198 g/mol. The minimum atomic E-state index is -0.583. The normalized spacial score (nSPS) is 21.9. The predicted molar refractivity (Wildman–Crippen MR) is 50.8 cm³/mol. The molecule has 0 saturated heterocycles. The minimum Gasteiger partial charge on any atom is -0.512 e. The number of hydrogen-bond donors (Lipinski definition) is 2. The second kappa shape index (κ2) is 4.17. The molecule has 1 aliphatic rings. The standard InChI is InChI=1S/C10H14O4/c1-3-6-4-7(11)5-8(9(6)12)10(13)14-2/h4,6,11-12H,3,5H2,1-2H3. The van der Waals surface area contributed by atoms with E-state index in [4.69, 9.17) is 0 Å². The third-order valence-corrected chi connectivity index (χ3v) is 2.28. The van der Waals surface area contributed by atoms with Crippen LogP contribution < -0.4 is 0 Å². The number of carbonyl (C=O) groups excluding carboxylic acids is 1. The number of ether oxygens (including phenoxy) is 1. The van der Waals surface area contributed by atoms with Crippen molar-refractivity contribution in [2.24, 2.45) is 5.92 Å². The van der Waals surface area contributed by atoms with Gasteiger partial charge in [-0.1, -0.05) is 6.92 Å². The van der Waals surface area contributed by atoms with Gasteiger partial charge < -0.3 is 14.9 Å². The fraction of sp³-hybridized carbons (Fsp3) is 0.500. The monoisotopic (exact) mass is 198 g/mol. The maximum absolute atomic E-state index is 11.2. The Morgan fingerprint density at radius 3 is 2.79 bits per heavy atom. The first kappa shape index (κ1) is 10.6. The summed E-state index contributed by atoms with van der Waals surface area (Å²) in [6, 6.07) is 0. The first-order valence-corrected chi connectivity index (χ1v) is 4.50. The van der Waals surface area contributed by atoms with Gasteiger partial charge in [-0.2, -0.15) is 0 Å². The van der Waals surface area contributed by atoms with Gasteiger partial charge in [-0.15, -0.1) is 0 Å². The summed E-state index contributed by atoms with van der Waals surface area (Å²) in [5.74, 6) is -0.745. The molecule has 1 aliphatic carbocycles. The number of hydrogen-bond acceptors (Lipinski definition) is 4. The number of esters is 1. The quantitative estimate of drug-likeness (QED) is 0.664. The maximum atomic E-state index is 11.2. The van der Waals surface area contributed by atoms with Crippen molar-refractivity contribution in [3.05, 3.63) is 23.2 Å². The zero-order valence-electron chi connectivity index (χ0n) is 8.28. The Balaban J connectivity index is 2.98. The van der Waals surface area contributed by atoms with Crippen molar-refractivity contribution in [3.8, 4) is 0 Å². The number of allylic oxidation sites excluding steroid dienone is 2. The van der Waals surface area contributed by atoms with Crippen molar-refractivity contribution in [1.82, 2.24) is 0 Å². The Morgan fingerprint density at radius 1 is 1.64 bits per heavy atom. The molecule has 1 unspecified atom stereocenters. The minimum absolute atomic E-state index is 0.0113. The Morgan fingerprint density at radius 2 is 2.29 bits per heavy atom. The zero-order chi connectivity index (χ0) is 10.7. The van der Waals surface area contributed by atoms with E-state index in [1.165, 1.54) is 7.11 Å². The van der Waals surface area contributed by atoms with Crippen LogP contribution in [0.2, 0.25) is 0 Å². The molecule has 78 valence electrons. The lowest BCUT2D eigenvalue weighted by molar-refractivity contribution is -0.136. The zero-order valence-corrected chi connectivity index (χ0v) is 8.28. The van der Waals surface area contributed by atoms with E-state index >= 15 is 0 Å². The van der Waals surface area contributed by atoms with E-state index < -0.39 is 5.97 Å². The van der Waals surface area contributed by atoms with Crippen LogP contribution in [0.1, 0.15) is 19.8 Å². The Labute approximate surface area is 82.5 Å². The molecule has 1 atom stereocenters. The molecule has 0 radical (unpaired) electrons. The molecule has 0 fully saturated rings. The molecule has 4 heteroatoms. The highest BCUT2D eigenvalue weighted by Gasteiger charge is 2.26. The second-order valence-corrected chi connectivity index (χ2v) is 3.20. The number of aliphatic hydroxyl groups is 2. The Hall–Kier alpha value is -1.45. The van der Waals surface area contributed by atoms with Crippen LogP contribution in [0.25, 0.3) is 0 Å². The molecule has 1 rings (SSSR count). The average Bonchev–Trinajstić information content (AvgIpc) is 2.19. The molecule has 0 saturated carbocycles. The topological polar surface area (TPSA) is 66.8 Å². The molecule has 0 heterocycles.